The maximum atomic E-state index is 13.4. The van der Waals surface area contributed by atoms with Gasteiger partial charge in [0.2, 0.25) is 0 Å². The highest BCUT2D eigenvalue weighted by atomic mass is 16.5. The van der Waals surface area contributed by atoms with Crippen LogP contribution in [0.5, 0.6) is 11.5 Å². The van der Waals surface area contributed by atoms with E-state index in [1.54, 1.807) is 63.5 Å². The summed E-state index contributed by atoms with van der Waals surface area (Å²) in [6.45, 7) is 1.69. The SMILES string of the molecule is COc1ccccc1NC(=O)C1=C(C)N(C)C(=O)N(C)[C@H]1c1ccc(OCC#N)cc1. The van der Waals surface area contributed by atoms with E-state index >= 15 is 0 Å². The van der Waals surface area contributed by atoms with E-state index in [2.05, 4.69) is 5.32 Å². The summed E-state index contributed by atoms with van der Waals surface area (Å²) in [7, 11) is 4.83. The van der Waals surface area contributed by atoms with Crippen LogP contribution in [0.3, 0.4) is 0 Å². The fourth-order valence-corrected chi connectivity index (χ4v) is 3.54. The molecule has 160 valence electrons. The molecular weight excluding hydrogens is 396 g/mol. The number of nitriles is 1. The maximum Gasteiger partial charge on any atom is 0.324 e. The van der Waals surface area contributed by atoms with Gasteiger partial charge >= 0.3 is 6.03 Å². The van der Waals surface area contributed by atoms with E-state index in [4.69, 9.17) is 14.7 Å². The zero-order valence-electron chi connectivity index (χ0n) is 17.9. The molecule has 0 spiro atoms. The average molecular weight is 420 g/mol. The molecule has 0 saturated heterocycles. The Morgan fingerprint density at radius 3 is 2.48 bits per heavy atom. The number of hydrogen-bond donors (Lipinski definition) is 1. The minimum absolute atomic E-state index is 0.0580. The highest BCUT2D eigenvalue weighted by Gasteiger charge is 2.38. The van der Waals surface area contributed by atoms with Crippen LogP contribution in [0.1, 0.15) is 18.5 Å². The highest BCUT2D eigenvalue weighted by Crippen LogP contribution is 2.37. The van der Waals surface area contributed by atoms with Crippen LogP contribution in [0.15, 0.2) is 59.8 Å². The highest BCUT2D eigenvalue weighted by molar-refractivity contribution is 6.07. The van der Waals surface area contributed by atoms with Gasteiger partial charge in [-0.05, 0) is 36.8 Å². The number of likely N-dealkylation sites (N-methyl/N-ethyl adjacent to an activating group) is 1. The Kier molecular flexibility index (Phi) is 6.46. The van der Waals surface area contributed by atoms with Gasteiger partial charge in [0.05, 0.1) is 24.4 Å². The molecule has 0 unspecified atom stereocenters. The number of allylic oxidation sites excluding steroid dienone is 1. The molecule has 0 aliphatic carbocycles. The summed E-state index contributed by atoms with van der Waals surface area (Å²) in [6.07, 6.45) is 0. The smallest absolute Gasteiger partial charge is 0.324 e. The topological polar surface area (TPSA) is 94.9 Å². The van der Waals surface area contributed by atoms with E-state index in [1.807, 2.05) is 12.1 Å². The van der Waals surface area contributed by atoms with Crippen molar-refractivity contribution in [2.75, 3.05) is 33.1 Å². The number of ether oxygens (including phenoxy) is 2. The Morgan fingerprint density at radius 2 is 1.84 bits per heavy atom. The molecule has 1 aliphatic heterocycles. The molecule has 8 heteroatoms. The van der Waals surface area contributed by atoms with Crippen LogP contribution >= 0.6 is 0 Å². The lowest BCUT2D eigenvalue weighted by Crippen LogP contribution is -2.47. The number of rotatable bonds is 6. The Hall–Kier alpha value is -3.99. The fraction of sp³-hybridized carbons (Fsp3) is 0.261. The van der Waals surface area contributed by atoms with Crippen molar-refractivity contribution < 1.29 is 19.1 Å². The predicted molar refractivity (Wildman–Crippen MR) is 116 cm³/mol. The third-order valence-electron chi connectivity index (χ3n) is 5.24. The van der Waals surface area contributed by atoms with Crippen molar-refractivity contribution in [3.8, 4) is 17.6 Å². The van der Waals surface area contributed by atoms with Crippen molar-refractivity contribution in [3.05, 3.63) is 65.4 Å². The standard InChI is InChI=1S/C23H24N4O4/c1-15-20(22(28)25-18-7-5-6-8-19(18)30-4)21(27(3)23(29)26(15)2)16-9-11-17(12-10-16)31-14-13-24/h5-12,21H,14H2,1-4H3,(H,25,28)/t21-/m0/s1. The van der Waals surface area contributed by atoms with Crippen LogP contribution < -0.4 is 14.8 Å². The molecule has 3 rings (SSSR count). The first-order chi connectivity index (χ1) is 14.9. The minimum atomic E-state index is -0.594. The Labute approximate surface area is 181 Å². The summed E-state index contributed by atoms with van der Waals surface area (Å²) in [5.74, 6) is 0.745. The third-order valence-corrected chi connectivity index (χ3v) is 5.24. The maximum absolute atomic E-state index is 13.4. The first-order valence-corrected chi connectivity index (χ1v) is 9.64. The van der Waals surface area contributed by atoms with Gasteiger partial charge in [0.25, 0.3) is 5.91 Å². The van der Waals surface area contributed by atoms with Crippen LogP contribution in [-0.2, 0) is 4.79 Å². The van der Waals surface area contributed by atoms with E-state index in [0.717, 1.165) is 5.56 Å². The summed E-state index contributed by atoms with van der Waals surface area (Å²) >= 11 is 0. The summed E-state index contributed by atoms with van der Waals surface area (Å²) in [5.41, 5.74) is 2.29. The summed E-state index contributed by atoms with van der Waals surface area (Å²) in [4.78, 5) is 29.1. The Balaban J connectivity index is 2.00. The molecule has 0 aromatic heterocycles. The molecule has 1 heterocycles. The molecule has 0 saturated carbocycles. The second-order valence-electron chi connectivity index (χ2n) is 7.02. The van der Waals surface area contributed by atoms with Crippen molar-refractivity contribution in [1.82, 2.24) is 9.80 Å². The van der Waals surface area contributed by atoms with Gasteiger partial charge in [0.15, 0.2) is 6.61 Å². The number of methoxy groups -OCH3 is 1. The van der Waals surface area contributed by atoms with Crippen molar-refractivity contribution in [1.29, 1.82) is 5.26 Å². The van der Waals surface area contributed by atoms with Crippen molar-refractivity contribution in [2.45, 2.75) is 13.0 Å². The number of para-hydroxylation sites is 2. The molecule has 0 bridgehead atoms. The van der Waals surface area contributed by atoms with Crippen molar-refractivity contribution >= 4 is 17.6 Å². The minimum Gasteiger partial charge on any atom is -0.495 e. The average Bonchev–Trinajstić information content (AvgIpc) is 2.79. The zero-order chi connectivity index (χ0) is 22.5. The van der Waals surface area contributed by atoms with Gasteiger partial charge in [0.1, 0.15) is 17.6 Å². The molecule has 2 aromatic rings. The van der Waals surface area contributed by atoms with Gasteiger partial charge in [-0.3, -0.25) is 4.79 Å². The number of amides is 3. The summed E-state index contributed by atoms with van der Waals surface area (Å²) < 4.78 is 10.6. The molecule has 2 aromatic carbocycles. The number of carbonyl (C=O) groups excluding carboxylic acids is 2. The summed E-state index contributed by atoms with van der Waals surface area (Å²) in [5, 5.41) is 11.6. The van der Waals surface area contributed by atoms with Crippen LogP contribution in [0.25, 0.3) is 0 Å². The first-order valence-electron chi connectivity index (χ1n) is 9.64. The molecule has 1 aliphatic rings. The first kappa shape index (κ1) is 21.7. The number of nitrogens with zero attached hydrogens (tertiary/aromatic N) is 3. The lowest BCUT2D eigenvalue weighted by Gasteiger charge is -2.40. The summed E-state index contributed by atoms with van der Waals surface area (Å²) in [6, 6.07) is 15.3. The van der Waals surface area contributed by atoms with E-state index < -0.39 is 6.04 Å². The van der Waals surface area contributed by atoms with Crippen LogP contribution in [-0.4, -0.2) is 49.6 Å². The molecule has 1 N–H and O–H groups in total. The van der Waals surface area contributed by atoms with E-state index in [-0.39, 0.29) is 18.5 Å². The molecular formula is C23H24N4O4. The number of carbonyl (C=O) groups is 2. The number of benzene rings is 2. The quantitative estimate of drug-likeness (QED) is 0.771. The zero-order valence-corrected chi connectivity index (χ0v) is 17.9. The number of urea groups is 1. The van der Waals surface area contributed by atoms with Crippen LogP contribution in [0.4, 0.5) is 10.5 Å². The Bertz CT molecular complexity index is 1060. The van der Waals surface area contributed by atoms with E-state index in [0.29, 0.717) is 28.5 Å². The fourth-order valence-electron chi connectivity index (χ4n) is 3.54. The normalized spacial score (nSPS) is 16.1. The van der Waals surface area contributed by atoms with Gasteiger partial charge in [-0.2, -0.15) is 5.26 Å². The van der Waals surface area contributed by atoms with Gasteiger partial charge in [-0.1, -0.05) is 24.3 Å². The monoisotopic (exact) mass is 420 g/mol. The van der Waals surface area contributed by atoms with Gasteiger partial charge in [0, 0.05) is 19.8 Å². The largest absolute Gasteiger partial charge is 0.495 e. The second-order valence-corrected chi connectivity index (χ2v) is 7.02. The Morgan fingerprint density at radius 1 is 1.16 bits per heavy atom. The lowest BCUT2D eigenvalue weighted by molar-refractivity contribution is -0.113. The van der Waals surface area contributed by atoms with Crippen LogP contribution in [0, 0.1) is 11.3 Å². The molecule has 31 heavy (non-hydrogen) atoms. The molecule has 3 amide bonds. The molecule has 0 radical (unpaired) electrons. The third kappa shape index (κ3) is 4.31. The van der Waals surface area contributed by atoms with Gasteiger partial charge < -0.3 is 24.6 Å². The van der Waals surface area contributed by atoms with Crippen molar-refractivity contribution in [3.63, 3.8) is 0 Å². The lowest BCUT2D eigenvalue weighted by atomic mass is 9.93. The number of nitrogens with one attached hydrogen (secondary N) is 1. The van der Waals surface area contributed by atoms with E-state index in [9.17, 15) is 9.59 Å². The molecule has 8 nitrogen and oxygen atoms in total. The van der Waals surface area contributed by atoms with Crippen molar-refractivity contribution in [2.24, 2.45) is 0 Å². The molecule has 1 atom stereocenters. The van der Waals surface area contributed by atoms with E-state index in [1.165, 1.54) is 16.9 Å². The van der Waals surface area contributed by atoms with Gasteiger partial charge in [-0.25, -0.2) is 4.79 Å². The van der Waals surface area contributed by atoms with Crippen LogP contribution in [0.2, 0.25) is 0 Å². The number of hydrogen-bond acceptors (Lipinski definition) is 5. The number of anilines is 1. The molecule has 0 fully saturated rings. The predicted octanol–water partition coefficient (Wildman–Crippen LogP) is 3.55. The van der Waals surface area contributed by atoms with Gasteiger partial charge in [-0.15, -0.1) is 0 Å². The second kappa shape index (κ2) is 9.22.